The molecule has 0 radical (unpaired) electrons. The molecule has 2 aromatic heterocycles. The molecule has 0 unspecified atom stereocenters. The Morgan fingerprint density at radius 3 is 3.00 bits per heavy atom. The van der Waals surface area contributed by atoms with Crippen molar-refractivity contribution in [3.63, 3.8) is 0 Å². The normalized spacial score (nSPS) is 14.3. The number of amides is 1. The van der Waals surface area contributed by atoms with E-state index in [0.717, 1.165) is 42.5 Å². The van der Waals surface area contributed by atoms with Crippen LogP contribution in [0.15, 0.2) is 30.5 Å². The molecule has 0 saturated carbocycles. The Labute approximate surface area is 140 Å². The van der Waals surface area contributed by atoms with Crippen molar-refractivity contribution in [1.29, 1.82) is 0 Å². The Bertz CT molecular complexity index is 861. The van der Waals surface area contributed by atoms with Crippen molar-refractivity contribution in [1.82, 2.24) is 20.5 Å². The van der Waals surface area contributed by atoms with E-state index in [0.29, 0.717) is 12.2 Å². The molecule has 0 aliphatic heterocycles. The largest absolute Gasteiger partial charge is 0.361 e. The smallest absolute Gasteiger partial charge is 0.272 e. The second kappa shape index (κ2) is 6.51. The highest BCUT2D eigenvalue weighted by Crippen LogP contribution is 2.22. The SMILES string of the molecule is O=C(NCCc1c[nH]c2ccccc12)c1n[nH]c2c1CCCCC2. The number of fused-ring (bicyclic) bond motifs is 2. The molecular formula is C19H22N4O. The maximum absolute atomic E-state index is 12.5. The highest BCUT2D eigenvalue weighted by molar-refractivity contribution is 5.94. The van der Waals surface area contributed by atoms with E-state index >= 15 is 0 Å². The van der Waals surface area contributed by atoms with Crippen LogP contribution >= 0.6 is 0 Å². The Hall–Kier alpha value is -2.56. The van der Waals surface area contributed by atoms with E-state index in [1.807, 2.05) is 18.3 Å². The summed E-state index contributed by atoms with van der Waals surface area (Å²) in [5, 5.41) is 11.6. The number of nitrogens with zero attached hydrogens (tertiary/aromatic N) is 1. The molecule has 5 heteroatoms. The van der Waals surface area contributed by atoms with Crippen LogP contribution in [0.2, 0.25) is 0 Å². The molecule has 1 amide bonds. The lowest BCUT2D eigenvalue weighted by Gasteiger charge is -2.05. The number of hydrogen-bond donors (Lipinski definition) is 3. The number of aryl methyl sites for hydroxylation is 1. The van der Waals surface area contributed by atoms with Crippen LogP contribution in [0.5, 0.6) is 0 Å². The zero-order valence-corrected chi connectivity index (χ0v) is 13.7. The molecule has 2 heterocycles. The summed E-state index contributed by atoms with van der Waals surface area (Å²) in [6, 6.07) is 8.23. The van der Waals surface area contributed by atoms with Crippen molar-refractivity contribution in [2.24, 2.45) is 0 Å². The lowest BCUT2D eigenvalue weighted by Crippen LogP contribution is -2.27. The van der Waals surface area contributed by atoms with Crippen LogP contribution < -0.4 is 5.32 Å². The molecule has 0 saturated heterocycles. The predicted octanol–water partition coefficient (Wildman–Crippen LogP) is 3.13. The highest BCUT2D eigenvalue weighted by Gasteiger charge is 2.20. The molecule has 0 atom stereocenters. The third-order valence-corrected chi connectivity index (χ3v) is 4.88. The summed E-state index contributed by atoms with van der Waals surface area (Å²) in [5.41, 5.74) is 5.22. The summed E-state index contributed by atoms with van der Waals surface area (Å²) in [7, 11) is 0. The van der Waals surface area contributed by atoms with Gasteiger partial charge in [0.25, 0.3) is 5.91 Å². The van der Waals surface area contributed by atoms with Gasteiger partial charge in [-0.05, 0) is 43.7 Å². The molecule has 124 valence electrons. The number of benzene rings is 1. The first-order chi connectivity index (χ1) is 11.8. The molecule has 5 nitrogen and oxygen atoms in total. The molecule has 4 rings (SSSR count). The van der Waals surface area contributed by atoms with Gasteiger partial charge in [-0.25, -0.2) is 0 Å². The minimum absolute atomic E-state index is 0.0609. The molecule has 0 spiro atoms. The second-order valence-corrected chi connectivity index (χ2v) is 6.46. The average Bonchev–Trinajstić information content (AvgIpc) is 3.12. The second-order valence-electron chi connectivity index (χ2n) is 6.46. The molecule has 1 aromatic carbocycles. The van der Waals surface area contributed by atoms with Crippen LogP contribution in [0.25, 0.3) is 10.9 Å². The maximum Gasteiger partial charge on any atom is 0.272 e. The minimum Gasteiger partial charge on any atom is -0.361 e. The first-order valence-electron chi connectivity index (χ1n) is 8.72. The lowest BCUT2D eigenvalue weighted by atomic mass is 10.1. The van der Waals surface area contributed by atoms with Crippen LogP contribution in [0.3, 0.4) is 0 Å². The summed E-state index contributed by atoms with van der Waals surface area (Å²) in [6.45, 7) is 0.613. The zero-order chi connectivity index (χ0) is 16.4. The van der Waals surface area contributed by atoms with Gasteiger partial charge in [0.1, 0.15) is 0 Å². The molecule has 1 aliphatic rings. The van der Waals surface area contributed by atoms with Crippen molar-refractivity contribution >= 4 is 16.8 Å². The number of carbonyl (C=O) groups excluding carboxylic acids is 1. The van der Waals surface area contributed by atoms with Gasteiger partial charge in [-0.15, -0.1) is 0 Å². The lowest BCUT2D eigenvalue weighted by molar-refractivity contribution is 0.0948. The van der Waals surface area contributed by atoms with Gasteiger partial charge in [-0.3, -0.25) is 9.89 Å². The van der Waals surface area contributed by atoms with E-state index in [1.165, 1.54) is 23.8 Å². The number of hydrogen-bond acceptors (Lipinski definition) is 2. The Morgan fingerprint density at radius 1 is 1.17 bits per heavy atom. The fraction of sp³-hybridized carbons (Fsp3) is 0.368. The van der Waals surface area contributed by atoms with Crippen molar-refractivity contribution < 1.29 is 4.79 Å². The van der Waals surface area contributed by atoms with Crippen LogP contribution in [-0.4, -0.2) is 27.6 Å². The van der Waals surface area contributed by atoms with Crippen LogP contribution in [0.4, 0.5) is 0 Å². The van der Waals surface area contributed by atoms with Gasteiger partial charge in [-0.1, -0.05) is 24.6 Å². The van der Waals surface area contributed by atoms with E-state index < -0.39 is 0 Å². The number of rotatable bonds is 4. The van der Waals surface area contributed by atoms with Gasteiger partial charge < -0.3 is 10.3 Å². The van der Waals surface area contributed by atoms with Crippen LogP contribution in [-0.2, 0) is 19.3 Å². The molecule has 0 fully saturated rings. The quantitative estimate of drug-likeness (QED) is 0.646. The number of carbonyl (C=O) groups is 1. The number of aromatic nitrogens is 3. The van der Waals surface area contributed by atoms with E-state index in [4.69, 9.17) is 0 Å². The van der Waals surface area contributed by atoms with Gasteiger partial charge in [0, 0.05) is 34.9 Å². The first kappa shape index (κ1) is 15.0. The van der Waals surface area contributed by atoms with Crippen molar-refractivity contribution in [2.45, 2.75) is 38.5 Å². The molecule has 3 aromatic rings. The third kappa shape index (κ3) is 2.82. The summed E-state index contributed by atoms with van der Waals surface area (Å²) < 4.78 is 0. The minimum atomic E-state index is -0.0609. The Balaban J connectivity index is 1.41. The predicted molar refractivity (Wildman–Crippen MR) is 94.2 cm³/mol. The van der Waals surface area contributed by atoms with Gasteiger partial charge in [0.05, 0.1) is 0 Å². The molecule has 1 aliphatic carbocycles. The van der Waals surface area contributed by atoms with Gasteiger partial charge >= 0.3 is 0 Å². The standard InChI is InChI=1S/C19H22N4O/c24-19(18-15-7-2-1-3-9-17(15)22-23-18)20-11-10-13-12-21-16-8-5-4-6-14(13)16/h4-6,8,12,21H,1-3,7,9-11H2,(H,20,24)(H,22,23). The summed E-state index contributed by atoms with van der Waals surface area (Å²) in [6.07, 6.45) is 8.34. The Morgan fingerprint density at radius 2 is 2.04 bits per heavy atom. The zero-order valence-electron chi connectivity index (χ0n) is 13.7. The van der Waals surface area contributed by atoms with E-state index in [1.54, 1.807) is 0 Å². The molecule has 3 N–H and O–H groups in total. The van der Waals surface area contributed by atoms with Crippen LogP contribution in [0.1, 0.15) is 46.6 Å². The summed E-state index contributed by atoms with van der Waals surface area (Å²) in [5.74, 6) is -0.0609. The first-order valence-corrected chi connectivity index (χ1v) is 8.72. The number of aromatic amines is 2. The molecular weight excluding hydrogens is 300 g/mol. The summed E-state index contributed by atoms with van der Waals surface area (Å²) >= 11 is 0. The van der Waals surface area contributed by atoms with E-state index in [-0.39, 0.29) is 5.91 Å². The van der Waals surface area contributed by atoms with Crippen molar-refractivity contribution in [3.8, 4) is 0 Å². The molecule has 24 heavy (non-hydrogen) atoms. The monoisotopic (exact) mass is 322 g/mol. The highest BCUT2D eigenvalue weighted by atomic mass is 16.1. The number of nitrogens with one attached hydrogen (secondary N) is 3. The fourth-order valence-electron chi connectivity index (χ4n) is 3.58. The maximum atomic E-state index is 12.5. The van der Waals surface area contributed by atoms with Gasteiger partial charge in [0.2, 0.25) is 0 Å². The van der Waals surface area contributed by atoms with E-state index in [2.05, 4.69) is 32.6 Å². The van der Waals surface area contributed by atoms with E-state index in [9.17, 15) is 4.79 Å². The Kier molecular flexibility index (Phi) is 4.07. The summed E-state index contributed by atoms with van der Waals surface area (Å²) in [4.78, 5) is 15.8. The number of H-pyrrole nitrogens is 2. The van der Waals surface area contributed by atoms with Gasteiger partial charge in [0.15, 0.2) is 5.69 Å². The van der Waals surface area contributed by atoms with Crippen LogP contribution in [0, 0.1) is 0 Å². The third-order valence-electron chi connectivity index (χ3n) is 4.88. The van der Waals surface area contributed by atoms with Crippen molar-refractivity contribution in [3.05, 3.63) is 53.0 Å². The molecule has 0 bridgehead atoms. The van der Waals surface area contributed by atoms with Crippen molar-refractivity contribution in [2.75, 3.05) is 6.54 Å². The number of para-hydroxylation sites is 1. The average molecular weight is 322 g/mol. The fourth-order valence-corrected chi connectivity index (χ4v) is 3.58. The topological polar surface area (TPSA) is 73.6 Å². The van der Waals surface area contributed by atoms with Gasteiger partial charge in [-0.2, -0.15) is 5.10 Å².